The summed E-state index contributed by atoms with van der Waals surface area (Å²) in [5.74, 6) is -0.173. The normalized spacial score (nSPS) is 18.2. The monoisotopic (exact) mass is 487 g/mol. The maximum absolute atomic E-state index is 13.3. The van der Waals surface area contributed by atoms with E-state index in [2.05, 4.69) is 9.97 Å². The van der Waals surface area contributed by atoms with E-state index in [-0.39, 0.29) is 29.1 Å². The second kappa shape index (κ2) is 9.85. The Hall–Kier alpha value is -3.75. The van der Waals surface area contributed by atoms with Crippen LogP contribution < -0.4 is 10.5 Å². The molecule has 2 unspecified atom stereocenters. The van der Waals surface area contributed by atoms with Crippen molar-refractivity contribution in [1.82, 2.24) is 9.97 Å². The number of carbonyl (C=O) groups excluding carboxylic acids is 1. The summed E-state index contributed by atoms with van der Waals surface area (Å²) >= 11 is 1.35. The standard InChI is InChI=1S/C27H22FN3O3S/c28-21-8-3-18(4-9-21)23(32)16-35-26-25(20-7-12-24(33)30-15-20)31(27(26)34)22-10-5-17(6-11-22)19-2-1-13-29-14-19/h1-15,23,25-26,32H,16H2,(H,30,33)/t23-,25?,26?/m1/s1. The number of β-lactam (4-membered cyclic amide) rings is 1. The zero-order valence-electron chi connectivity index (χ0n) is 18.5. The van der Waals surface area contributed by atoms with E-state index < -0.39 is 11.4 Å². The number of aromatic nitrogens is 2. The molecule has 8 heteroatoms. The van der Waals surface area contributed by atoms with Gasteiger partial charge < -0.3 is 15.0 Å². The van der Waals surface area contributed by atoms with Crippen molar-refractivity contribution in [3.05, 3.63) is 119 Å². The van der Waals surface area contributed by atoms with Crippen LogP contribution in [0.1, 0.15) is 23.3 Å². The summed E-state index contributed by atoms with van der Waals surface area (Å²) in [6, 6.07) is 20.1. The molecule has 1 saturated heterocycles. The maximum Gasteiger partial charge on any atom is 0.247 e. The molecule has 0 bridgehead atoms. The van der Waals surface area contributed by atoms with E-state index in [4.69, 9.17) is 0 Å². The molecule has 0 spiro atoms. The average Bonchev–Trinajstić information content (AvgIpc) is 2.89. The van der Waals surface area contributed by atoms with Gasteiger partial charge in [0, 0.05) is 36.1 Å². The molecule has 1 aliphatic heterocycles. The van der Waals surface area contributed by atoms with E-state index in [0.29, 0.717) is 5.56 Å². The highest BCUT2D eigenvalue weighted by Crippen LogP contribution is 2.46. The average molecular weight is 488 g/mol. The van der Waals surface area contributed by atoms with E-state index in [0.717, 1.165) is 22.4 Å². The number of aliphatic hydroxyl groups is 1. The molecular weight excluding hydrogens is 465 g/mol. The largest absolute Gasteiger partial charge is 0.388 e. The number of hydrogen-bond donors (Lipinski definition) is 2. The number of thioether (sulfide) groups is 1. The van der Waals surface area contributed by atoms with E-state index >= 15 is 0 Å². The first-order valence-electron chi connectivity index (χ1n) is 11.1. The van der Waals surface area contributed by atoms with Gasteiger partial charge in [0.2, 0.25) is 11.5 Å². The molecule has 4 aromatic rings. The first-order valence-corrected chi connectivity index (χ1v) is 12.1. The number of H-pyrrole nitrogens is 1. The maximum atomic E-state index is 13.3. The van der Waals surface area contributed by atoms with Crippen molar-refractivity contribution in [2.75, 3.05) is 10.7 Å². The molecule has 1 amide bonds. The minimum atomic E-state index is -0.836. The fourth-order valence-corrected chi connectivity index (χ4v) is 5.47. The summed E-state index contributed by atoms with van der Waals surface area (Å²) in [7, 11) is 0. The molecule has 5 rings (SSSR count). The fourth-order valence-electron chi connectivity index (χ4n) is 4.17. The van der Waals surface area contributed by atoms with E-state index in [1.165, 1.54) is 30.0 Å². The molecule has 2 aromatic heterocycles. The molecular formula is C27H22FN3O3S. The van der Waals surface area contributed by atoms with Gasteiger partial charge in [0.05, 0.1) is 12.1 Å². The summed E-state index contributed by atoms with van der Waals surface area (Å²) in [5.41, 5.74) is 3.89. The van der Waals surface area contributed by atoms with Crippen molar-refractivity contribution in [2.45, 2.75) is 17.4 Å². The molecule has 176 valence electrons. The fraction of sp³-hybridized carbons (Fsp3) is 0.148. The van der Waals surface area contributed by atoms with Gasteiger partial charge in [0.25, 0.3) is 0 Å². The number of aliphatic hydroxyl groups excluding tert-OH is 1. The third kappa shape index (κ3) is 4.76. The van der Waals surface area contributed by atoms with Crippen LogP contribution in [0, 0.1) is 5.82 Å². The molecule has 6 nitrogen and oxygen atoms in total. The third-order valence-electron chi connectivity index (χ3n) is 6.02. The van der Waals surface area contributed by atoms with Gasteiger partial charge in [-0.15, -0.1) is 11.8 Å². The van der Waals surface area contributed by atoms with Crippen molar-refractivity contribution in [1.29, 1.82) is 0 Å². The van der Waals surface area contributed by atoms with E-state index in [1.54, 1.807) is 41.7 Å². The SMILES string of the molecule is O=C1C(SC[C@@H](O)c2ccc(F)cc2)C(c2ccc(=O)[nH]c2)N1c1ccc(-c2cccnc2)cc1. The Morgan fingerprint density at radius 2 is 1.77 bits per heavy atom. The highest BCUT2D eigenvalue weighted by atomic mass is 32.2. The summed E-state index contributed by atoms with van der Waals surface area (Å²) in [4.78, 5) is 33.4. The topological polar surface area (TPSA) is 86.3 Å². The Kier molecular flexibility index (Phi) is 6.48. The van der Waals surface area contributed by atoms with Crippen molar-refractivity contribution >= 4 is 23.4 Å². The second-order valence-corrected chi connectivity index (χ2v) is 9.42. The zero-order chi connectivity index (χ0) is 24.4. The number of halogens is 1. The number of benzene rings is 2. The molecule has 0 radical (unpaired) electrons. The van der Waals surface area contributed by atoms with Crippen LogP contribution in [-0.2, 0) is 4.79 Å². The van der Waals surface area contributed by atoms with Crippen molar-refractivity contribution in [3.63, 3.8) is 0 Å². The number of rotatable bonds is 7. The first kappa shape index (κ1) is 23.0. The van der Waals surface area contributed by atoms with Crippen molar-refractivity contribution in [3.8, 4) is 11.1 Å². The van der Waals surface area contributed by atoms with E-state index in [1.807, 2.05) is 36.4 Å². The van der Waals surface area contributed by atoms with Crippen molar-refractivity contribution < 1.29 is 14.3 Å². The van der Waals surface area contributed by atoms with Gasteiger partial charge in [-0.25, -0.2) is 4.39 Å². The Labute approximate surface area is 205 Å². The minimum absolute atomic E-state index is 0.0772. The lowest BCUT2D eigenvalue weighted by atomic mass is 9.93. The van der Waals surface area contributed by atoms with Crippen molar-refractivity contribution in [2.24, 2.45) is 0 Å². The number of anilines is 1. The van der Waals surface area contributed by atoms with Gasteiger partial charge in [0.1, 0.15) is 11.1 Å². The number of aromatic amines is 1. The summed E-state index contributed by atoms with van der Waals surface area (Å²) in [5, 5.41) is 10.1. The van der Waals surface area contributed by atoms with Crippen LogP contribution in [0.3, 0.4) is 0 Å². The molecule has 3 atom stereocenters. The summed E-state index contributed by atoms with van der Waals surface area (Å²) < 4.78 is 13.2. The lowest BCUT2D eigenvalue weighted by molar-refractivity contribution is -0.123. The van der Waals surface area contributed by atoms with Crippen LogP contribution >= 0.6 is 11.8 Å². The summed E-state index contributed by atoms with van der Waals surface area (Å²) in [6.45, 7) is 0. The molecule has 0 saturated carbocycles. The Morgan fingerprint density at radius 3 is 2.43 bits per heavy atom. The molecule has 3 heterocycles. The minimum Gasteiger partial charge on any atom is -0.388 e. The molecule has 2 N–H and O–H groups in total. The van der Waals surface area contributed by atoms with Gasteiger partial charge in [-0.05, 0) is 58.7 Å². The van der Waals surface area contributed by atoms with Gasteiger partial charge >= 0.3 is 0 Å². The summed E-state index contributed by atoms with van der Waals surface area (Å²) in [6.07, 6.45) is 4.29. The molecule has 35 heavy (non-hydrogen) atoms. The molecule has 0 aliphatic carbocycles. The Balaban J connectivity index is 1.38. The van der Waals surface area contributed by atoms with Gasteiger partial charge in [-0.1, -0.05) is 30.3 Å². The van der Waals surface area contributed by atoms with Crippen LogP contribution in [0.2, 0.25) is 0 Å². The number of amides is 1. The molecule has 1 fully saturated rings. The van der Waals surface area contributed by atoms with Crippen LogP contribution in [-0.4, -0.2) is 32.0 Å². The first-order chi connectivity index (χ1) is 17.0. The van der Waals surface area contributed by atoms with Crippen LogP contribution in [0.5, 0.6) is 0 Å². The Morgan fingerprint density at radius 1 is 1.00 bits per heavy atom. The molecule has 1 aliphatic rings. The second-order valence-electron chi connectivity index (χ2n) is 8.25. The highest BCUT2D eigenvalue weighted by Gasteiger charge is 2.49. The predicted molar refractivity (Wildman–Crippen MR) is 135 cm³/mol. The highest BCUT2D eigenvalue weighted by molar-refractivity contribution is 8.00. The number of nitrogens with one attached hydrogen (secondary N) is 1. The quantitative estimate of drug-likeness (QED) is 0.375. The lowest BCUT2D eigenvalue weighted by Gasteiger charge is -2.47. The van der Waals surface area contributed by atoms with Gasteiger partial charge in [-0.2, -0.15) is 0 Å². The lowest BCUT2D eigenvalue weighted by Crippen LogP contribution is -2.58. The molecule has 2 aromatic carbocycles. The van der Waals surface area contributed by atoms with Gasteiger partial charge in [-0.3, -0.25) is 14.6 Å². The third-order valence-corrected chi connectivity index (χ3v) is 7.35. The number of carbonyl (C=O) groups is 1. The van der Waals surface area contributed by atoms with E-state index in [9.17, 15) is 19.1 Å². The Bertz CT molecular complexity index is 1360. The van der Waals surface area contributed by atoms with Crippen LogP contribution in [0.4, 0.5) is 10.1 Å². The zero-order valence-corrected chi connectivity index (χ0v) is 19.4. The smallest absolute Gasteiger partial charge is 0.247 e. The number of pyridine rings is 2. The van der Waals surface area contributed by atoms with Crippen LogP contribution in [0.15, 0.2) is 96.2 Å². The number of hydrogen-bond acceptors (Lipinski definition) is 5. The van der Waals surface area contributed by atoms with Gasteiger partial charge in [0.15, 0.2) is 0 Å². The van der Waals surface area contributed by atoms with Crippen LogP contribution in [0.25, 0.3) is 11.1 Å². The number of nitrogens with zero attached hydrogens (tertiary/aromatic N) is 2. The predicted octanol–water partition coefficient (Wildman–Crippen LogP) is 4.50.